The van der Waals surface area contributed by atoms with Crippen LogP contribution in [0.4, 0.5) is 9.52 Å². The van der Waals surface area contributed by atoms with Crippen LogP contribution in [0.3, 0.4) is 0 Å². The zero-order valence-corrected chi connectivity index (χ0v) is 16.2. The number of nitriles is 1. The Morgan fingerprint density at radius 3 is 2.61 bits per heavy atom. The number of thiazole rings is 1. The van der Waals surface area contributed by atoms with Gasteiger partial charge in [-0.2, -0.15) is 5.26 Å². The van der Waals surface area contributed by atoms with Gasteiger partial charge in [-0.3, -0.25) is 0 Å². The Hall–Kier alpha value is -2.75. The molecule has 4 nitrogen and oxygen atoms in total. The molecule has 0 unspecified atom stereocenters. The second kappa shape index (κ2) is 7.70. The lowest BCUT2D eigenvalue weighted by Gasteiger charge is -2.52. The molecule has 3 aromatic rings. The van der Waals surface area contributed by atoms with Crippen LogP contribution in [0.15, 0.2) is 53.9 Å². The lowest BCUT2D eigenvalue weighted by molar-refractivity contribution is 0.188. The molecule has 1 aromatic heterocycles. The van der Waals surface area contributed by atoms with Gasteiger partial charge in [0.25, 0.3) is 0 Å². The molecule has 2 heterocycles. The third-order valence-corrected chi connectivity index (χ3v) is 6.23. The molecule has 1 aliphatic rings. The van der Waals surface area contributed by atoms with Crippen LogP contribution in [0.1, 0.15) is 24.1 Å². The molecule has 1 saturated heterocycles. The summed E-state index contributed by atoms with van der Waals surface area (Å²) < 4.78 is 13.4. The van der Waals surface area contributed by atoms with E-state index in [0.717, 1.165) is 33.9 Å². The van der Waals surface area contributed by atoms with Crippen molar-refractivity contribution >= 4 is 16.5 Å². The molecule has 0 aliphatic carbocycles. The number of aryl methyl sites for hydroxylation is 1. The predicted octanol–water partition coefficient (Wildman–Crippen LogP) is 4.37. The maximum Gasteiger partial charge on any atom is 0.186 e. The van der Waals surface area contributed by atoms with E-state index in [1.54, 1.807) is 12.1 Å². The maximum atomic E-state index is 13.4. The first-order chi connectivity index (χ1) is 13.7. The minimum atomic E-state index is -0.408. The summed E-state index contributed by atoms with van der Waals surface area (Å²) in [5.74, 6) is -0.431. The van der Waals surface area contributed by atoms with Crippen LogP contribution in [0.25, 0.3) is 11.1 Å². The van der Waals surface area contributed by atoms with E-state index < -0.39 is 6.04 Å². The summed E-state index contributed by atoms with van der Waals surface area (Å²) in [5.41, 5.74) is 3.83. The van der Waals surface area contributed by atoms with Gasteiger partial charge >= 0.3 is 0 Å². The second-order valence-corrected chi connectivity index (χ2v) is 7.66. The number of hydrogen-bond donors (Lipinski definition) is 1. The summed E-state index contributed by atoms with van der Waals surface area (Å²) in [5, 5.41) is 22.8. The molecular weight excluding hydrogens is 373 g/mol. The van der Waals surface area contributed by atoms with E-state index in [1.807, 2.05) is 41.5 Å². The first kappa shape index (κ1) is 18.6. The van der Waals surface area contributed by atoms with Crippen LogP contribution in [-0.2, 0) is 6.42 Å². The summed E-state index contributed by atoms with van der Waals surface area (Å²) in [6.07, 6.45) is 0.835. The number of aliphatic hydroxyl groups excluding tert-OH is 1. The highest BCUT2D eigenvalue weighted by molar-refractivity contribution is 7.13. The fraction of sp³-hybridized carbons (Fsp3) is 0.273. The molecule has 3 atom stereocenters. The number of anilines is 1. The molecule has 142 valence electrons. The average molecular weight is 393 g/mol. The summed E-state index contributed by atoms with van der Waals surface area (Å²) in [4.78, 5) is 6.53. The minimum absolute atomic E-state index is 0.0678. The van der Waals surface area contributed by atoms with E-state index in [0.29, 0.717) is 0 Å². The first-order valence-corrected chi connectivity index (χ1v) is 10.1. The van der Waals surface area contributed by atoms with Gasteiger partial charge in [0, 0.05) is 11.3 Å². The van der Waals surface area contributed by atoms with Crippen LogP contribution >= 0.6 is 11.3 Å². The van der Waals surface area contributed by atoms with Gasteiger partial charge in [0.05, 0.1) is 24.4 Å². The molecule has 6 heteroatoms. The Morgan fingerprint density at radius 1 is 1.21 bits per heavy atom. The van der Waals surface area contributed by atoms with E-state index in [-0.39, 0.29) is 24.4 Å². The third-order valence-electron chi connectivity index (χ3n) is 5.33. The topological polar surface area (TPSA) is 60.2 Å². The molecule has 0 saturated carbocycles. The second-order valence-electron chi connectivity index (χ2n) is 6.83. The van der Waals surface area contributed by atoms with Gasteiger partial charge in [-0.15, -0.1) is 11.3 Å². The van der Waals surface area contributed by atoms with Crippen molar-refractivity contribution in [3.63, 3.8) is 0 Å². The van der Waals surface area contributed by atoms with Crippen molar-refractivity contribution in [1.82, 2.24) is 4.98 Å². The van der Waals surface area contributed by atoms with Crippen molar-refractivity contribution in [2.75, 3.05) is 11.5 Å². The van der Waals surface area contributed by atoms with Crippen LogP contribution in [-0.4, -0.2) is 28.8 Å². The van der Waals surface area contributed by atoms with Crippen LogP contribution in [0.5, 0.6) is 0 Å². The van der Waals surface area contributed by atoms with E-state index in [2.05, 4.69) is 11.1 Å². The van der Waals surface area contributed by atoms with Crippen molar-refractivity contribution in [3.05, 3.63) is 71.0 Å². The van der Waals surface area contributed by atoms with Crippen molar-refractivity contribution in [3.8, 4) is 17.2 Å². The summed E-state index contributed by atoms with van der Waals surface area (Å²) in [7, 11) is 0. The van der Waals surface area contributed by atoms with Gasteiger partial charge in [0.15, 0.2) is 5.13 Å². The molecule has 1 fully saturated rings. The molecule has 4 rings (SSSR count). The molecular formula is C22H20FN3OS. The first-order valence-electron chi connectivity index (χ1n) is 9.26. The number of aliphatic hydroxyl groups is 1. The summed E-state index contributed by atoms with van der Waals surface area (Å²) >= 11 is 1.51. The number of halogens is 1. The normalized spacial score (nSPS) is 21.2. The SMILES string of the molecule is CCc1csc(N2[C@@H](C#N)[C@@H](c3ccccc3-c3ccc(F)cc3)[C@@H]2CO)n1. The fourth-order valence-electron chi connectivity index (χ4n) is 3.90. The largest absolute Gasteiger partial charge is 0.394 e. The Balaban J connectivity index is 1.73. The van der Waals surface area contributed by atoms with Crippen molar-refractivity contribution in [2.24, 2.45) is 0 Å². The van der Waals surface area contributed by atoms with Gasteiger partial charge in [0.1, 0.15) is 11.9 Å². The Labute approximate surface area is 167 Å². The Kier molecular flexibility index (Phi) is 5.12. The highest BCUT2D eigenvalue weighted by Gasteiger charge is 2.51. The van der Waals surface area contributed by atoms with Crippen molar-refractivity contribution in [1.29, 1.82) is 5.26 Å². The molecule has 2 aromatic carbocycles. The van der Waals surface area contributed by atoms with E-state index in [1.165, 1.54) is 23.5 Å². The monoisotopic (exact) mass is 393 g/mol. The van der Waals surface area contributed by atoms with Gasteiger partial charge in [-0.25, -0.2) is 9.37 Å². The Bertz CT molecular complexity index is 1010. The number of hydrogen-bond acceptors (Lipinski definition) is 5. The summed E-state index contributed by atoms with van der Waals surface area (Å²) in [6.45, 7) is 1.98. The zero-order valence-electron chi connectivity index (χ0n) is 15.4. The average Bonchev–Trinajstić information content (AvgIpc) is 3.17. The standard InChI is InChI=1S/C22H20FN3OS/c1-2-16-13-28-22(25-16)26-19(11-24)21(20(26)12-27)18-6-4-3-5-17(18)14-7-9-15(23)10-8-14/h3-10,13,19-21,27H,2,12H2,1H3/t19-,20-,21+/m0/s1. The quantitative estimate of drug-likeness (QED) is 0.699. The van der Waals surface area contributed by atoms with Crippen LogP contribution in [0, 0.1) is 17.1 Å². The van der Waals surface area contributed by atoms with Crippen molar-refractivity contribution < 1.29 is 9.50 Å². The lowest BCUT2D eigenvalue weighted by atomic mass is 9.74. The Morgan fingerprint density at radius 2 is 1.96 bits per heavy atom. The molecule has 1 aliphatic heterocycles. The number of aromatic nitrogens is 1. The molecule has 28 heavy (non-hydrogen) atoms. The van der Waals surface area contributed by atoms with Gasteiger partial charge in [-0.1, -0.05) is 43.3 Å². The number of benzene rings is 2. The number of rotatable bonds is 5. The van der Waals surface area contributed by atoms with Gasteiger partial charge in [0.2, 0.25) is 0 Å². The zero-order chi connectivity index (χ0) is 19.7. The van der Waals surface area contributed by atoms with Crippen molar-refractivity contribution in [2.45, 2.75) is 31.3 Å². The highest BCUT2D eigenvalue weighted by atomic mass is 32.1. The number of nitrogens with zero attached hydrogens (tertiary/aromatic N) is 3. The van der Waals surface area contributed by atoms with E-state index in [4.69, 9.17) is 0 Å². The molecule has 1 N–H and O–H groups in total. The molecule has 0 bridgehead atoms. The smallest absolute Gasteiger partial charge is 0.186 e. The lowest BCUT2D eigenvalue weighted by Crippen LogP contribution is -2.63. The van der Waals surface area contributed by atoms with E-state index >= 15 is 0 Å². The van der Waals surface area contributed by atoms with Gasteiger partial charge in [-0.05, 0) is 35.2 Å². The molecule has 0 radical (unpaired) electrons. The van der Waals surface area contributed by atoms with Crippen LogP contribution in [0.2, 0.25) is 0 Å². The minimum Gasteiger partial charge on any atom is -0.394 e. The third kappa shape index (κ3) is 3.07. The molecule has 0 spiro atoms. The van der Waals surface area contributed by atoms with Crippen LogP contribution < -0.4 is 4.90 Å². The fourth-order valence-corrected chi connectivity index (χ4v) is 4.90. The predicted molar refractivity (Wildman–Crippen MR) is 109 cm³/mol. The highest BCUT2D eigenvalue weighted by Crippen LogP contribution is 2.46. The summed E-state index contributed by atoms with van der Waals surface area (Å²) in [6, 6.07) is 16.0. The van der Waals surface area contributed by atoms with Gasteiger partial charge < -0.3 is 10.0 Å². The molecule has 0 amide bonds. The van der Waals surface area contributed by atoms with E-state index in [9.17, 15) is 14.8 Å². The maximum absolute atomic E-state index is 13.4.